The van der Waals surface area contributed by atoms with Crippen molar-refractivity contribution >= 4 is 0 Å². The molecule has 0 amide bonds. The Morgan fingerprint density at radius 1 is 1.45 bits per heavy atom. The number of benzene rings is 1. The summed E-state index contributed by atoms with van der Waals surface area (Å²) in [5, 5.41) is 16.3. The molecule has 1 fully saturated rings. The number of rotatable bonds is 3. The molecule has 106 valence electrons. The first-order valence-corrected chi connectivity index (χ1v) is 6.35. The van der Waals surface area contributed by atoms with Crippen LogP contribution in [0.4, 0.5) is 4.39 Å². The van der Waals surface area contributed by atoms with Crippen LogP contribution in [0.2, 0.25) is 0 Å². The largest absolute Gasteiger partial charge is 0.505 e. The predicted octanol–water partition coefficient (Wildman–Crippen LogP) is 1.11. The van der Waals surface area contributed by atoms with Gasteiger partial charge in [0.1, 0.15) is 0 Å². The lowest BCUT2D eigenvalue weighted by Crippen LogP contribution is -2.42. The molecule has 7 heteroatoms. The SMILES string of the molecule is Oc1ccc(-c2noc(CC3COCCN3)n2)cc1F. The van der Waals surface area contributed by atoms with E-state index in [2.05, 4.69) is 15.5 Å². The highest BCUT2D eigenvalue weighted by Crippen LogP contribution is 2.22. The zero-order chi connectivity index (χ0) is 13.9. The highest BCUT2D eigenvalue weighted by Gasteiger charge is 2.18. The molecule has 1 aliphatic heterocycles. The third kappa shape index (κ3) is 2.78. The van der Waals surface area contributed by atoms with Gasteiger partial charge in [-0.1, -0.05) is 5.16 Å². The van der Waals surface area contributed by atoms with Crippen LogP contribution in [0.25, 0.3) is 11.4 Å². The molecule has 0 bridgehead atoms. The number of aromatic nitrogens is 2. The Morgan fingerprint density at radius 2 is 2.35 bits per heavy atom. The van der Waals surface area contributed by atoms with Crippen LogP contribution < -0.4 is 5.32 Å². The molecule has 1 aromatic carbocycles. The lowest BCUT2D eigenvalue weighted by atomic mass is 10.2. The van der Waals surface area contributed by atoms with Gasteiger partial charge in [-0.25, -0.2) is 4.39 Å². The van der Waals surface area contributed by atoms with Gasteiger partial charge in [-0.3, -0.25) is 0 Å². The highest BCUT2D eigenvalue weighted by molar-refractivity contribution is 5.55. The summed E-state index contributed by atoms with van der Waals surface area (Å²) in [5.41, 5.74) is 0.461. The topological polar surface area (TPSA) is 80.4 Å². The third-order valence-electron chi connectivity index (χ3n) is 3.09. The maximum Gasteiger partial charge on any atom is 0.228 e. The van der Waals surface area contributed by atoms with Crippen LogP contribution in [-0.4, -0.2) is 41.0 Å². The molecule has 1 aromatic heterocycles. The van der Waals surface area contributed by atoms with E-state index in [1.165, 1.54) is 18.2 Å². The Bertz CT molecular complexity index is 596. The molecule has 20 heavy (non-hydrogen) atoms. The van der Waals surface area contributed by atoms with Gasteiger partial charge in [-0.2, -0.15) is 4.98 Å². The molecular formula is C13H14FN3O3. The Labute approximate surface area is 114 Å². The number of hydrogen-bond donors (Lipinski definition) is 2. The molecule has 2 aromatic rings. The molecule has 0 aliphatic carbocycles. The van der Waals surface area contributed by atoms with Crippen molar-refractivity contribution in [2.24, 2.45) is 0 Å². The molecule has 1 saturated heterocycles. The van der Waals surface area contributed by atoms with Gasteiger partial charge < -0.3 is 19.7 Å². The Hall–Kier alpha value is -1.99. The van der Waals surface area contributed by atoms with Crippen LogP contribution in [0.1, 0.15) is 5.89 Å². The summed E-state index contributed by atoms with van der Waals surface area (Å²) in [6.45, 7) is 2.11. The number of nitrogens with zero attached hydrogens (tertiary/aromatic N) is 2. The minimum atomic E-state index is -0.712. The zero-order valence-electron chi connectivity index (χ0n) is 10.7. The summed E-state index contributed by atoms with van der Waals surface area (Å²) in [6.07, 6.45) is 0.563. The third-order valence-corrected chi connectivity index (χ3v) is 3.09. The highest BCUT2D eigenvalue weighted by atomic mass is 19.1. The van der Waals surface area contributed by atoms with Crippen molar-refractivity contribution < 1.29 is 18.8 Å². The monoisotopic (exact) mass is 279 g/mol. The average molecular weight is 279 g/mol. The van der Waals surface area contributed by atoms with Crippen LogP contribution in [-0.2, 0) is 11.2 Å². The lowest BCUT2D eigenvalue weighted by molar-refractivity contribution is 0.0744. The van der Waals surface area contributed by atoms with Gasteiger partial charge in [-0.05, 0) is 18.2 Å². The van der Waals surface area contributed by atoms with Crippen molar-refractivity contribution in [1.82, 2.24) is 15.5 Å². The summed E-state index contributed by atoms with van der Waals surface area (Å²) < 4.78 is 23.8. The molecule has 0 spiro atoms. The quantitative estimate of drug-likeness (QED) is 0.876. The van der Waals surface area contributed by atoms with Gasteiger partial charge in [0.15, 0.2) is 11.6 Å². The van der Waals surface area contributed by atoms with E-state index >= 15 is 0 Å². The Kier molecular flexibility index (Phi) is 3.62. The molecule has 6 nitrogen and oxygen atoms in total. The number of nitrogens with one attached hydrogen (secondary N) is 1. The van der Waals surface area contributed by atoms with Gasteiger partial charge in [0.05, 0.1) is 13.2 Å². The predicted molar refractivity (Wildman–Crippen MR) is 67.7 cm³/mol. The van der Waals surface area contributed by atoms with E-state index in [1.54, 1.807) is 0 Å². The van der Waals surface area contributed by atoms with Crippen LogP contribution in [0.3, 0.4) is 0 Å². The van der Waals surface area contributed by atoms with Crippen molar-refractivity contribution in [3.05, 3.63) is 29.9 Å². The summed E-state index contributed by atoms with van der Waals surface area (Å²) in [6, 6.07) is 4.12. The number of hydrogen-bond acceptors (Lipinski definition) is 6. The molecule has 2 heterocycles. The second-order valence-corrected chi connectivity index (χ2v) is 4.61. The molecule has 2 N–H and O–H groups in total. The fraction of sp³-hybridized carbons (Fsp3) is 0.385. The fourth-order valence-electron chi connectivity index (χ4n) is 2.06. The zero-order valence-corrected chi connectivity index (χ0v) is 10.7. The minimum absolute atomic E-state index is 0.147. The van der Waals surface area contributed by atoms with Crippen molar-refractivity contribution in [2.45, 2.75) is 12.5 Å². The Morgan fingerprint density at radius 3 is 3.10 bits per heavy atom. The van der Waals surface area contributed by atoms with Crippen molar-refractivity contribution in [1.29, 1.82) is 0 Å². The Balaban J connectivity index is 1.73. The first kappa shape index (κ1) is 13.0. The second-order valence-electron chi connectivity index (χ2n) is 4.61. The van der Waals surface area contributed by atoms with E-state index in [9.17, 15) is 4.39 Å². The summed E-state index contributed by atoms with van der Waals surface area (Å²) in [7, 11) is 0. The number of ether oxygens (including phenoxy) is 1. The first-order valence-electron chi connectivity index (χ1n) is 6.35. The van der Waals surface area contributed by atoms with Crippen molar-refractivity contribution in [2.75, 3.05) is 19.8 Å². The van der Waals surface area contributed by atoms with Gasteiger partial charge >= 0.3 is 0 Å². The lowest BCUT2D eigenvalue weighted by Gasteiger charge is -2.22. The van der Waals surface area contributed by atoms with E-state index in [0.29, 0.717) is 36.9 Å². The molecule has 1 aliphatic rings. The normalized spacial score (nSPS) is 19.1. The van der Waals surface area contributed by atoms with E-state index < -0.39 is 11.6 Å². The van der Waals surface area contributed by atoms with Crippen LogP contribution in [0.5, 0.6) is 5.75 Å². The maximum absolute atomic E-state index is 13.3. The molecule has 0 saturated carbocycles. The fourth-order valence-corrected chi connectivity index (χ4v) is 2.06. The smallest absolute Gasteiger partial charge is 0.228 e. The molecular weight excluding hydrogens is 265 g/mol. The van der Waals surface area contributed by atoms with Crippen LogP contribution in [0.15, 0.2) is 22.7 Å². The number of phenolic OH excluding ortho intramolecular Hbond substituents is 1. The van der Waals surface area contributed by atoms with Gasteiger partial charge in [0.25, 0.3) is 0 Å². The van der Waals surface area contributed by atoms with Gasteiger partial charge in [0.2, 0.25) is 11.7 Å². The van der Waals surface area contributed by atoms with E-state index in [0.717, 1.165) is 6.54 Å². The van der Waals surface area contributed by atoms with Gasteiger partial charge in [0, 0.05) is 24.6 Å². The van der Waals surface area contributed by atoms with E-state index in [-0.39, 0.29) is 6.04 Å². The molecule has 0 radical (unpaired) electrons. The van der Waals surface area contributed by atoms with Crippen LogP contribution >= 0.6 is 0 Å². The average Bonchev–Trinajstić information content (AvgIpc) is 2.91. The minimum Gasteiger partial charge on any atom is -0.505 e. The molecule has 3 rings (SSSR count). The van der Waals surface area contributed by atoms with Crippen molar-refractivity contribution in [3.63, 3.8) is 0 Å². The van der Waals surface area contributed by atoms with E-state index in [4.69, 9.17) is 14.4 Å². The number of phenols is 1. The van der Waals surface area contributed by atoms with Gasteiger partial charge in [-0.15, -0.1) is 0 Å². The summed E-state index contributed by atoms with van der Waals surface area (Å²) >= 11 is 0. The second kappa shape index (κ2) is 5.56. The molecule has 1 unspecified atom stereocenters. The molecule has 1 atom stereocenters. The standard InChI is InChI=1S/C13H14FN3O3/c14-10-5-8(1-2-11(10)18)13-16-12(20-17-13)6-9-7-19-4-3-15-9/h1-2,5,9,15,18H,3-4,6-7H2. The van der Waals surface area contributed by atoms with Crippen LogP contribution in [0, 0.1) is 5.82 Å². The van der Waals surface area contributed by atoms with E-state index in [1.807, 2.05) is 0 Å². The number of aromatic hydroxyl groups is 1. The number of halogens is 1. The first-order chi connectivity index (χ1) is 9.72. The summed E-state index contributed by atoms with van der Waals surface area (Å²) in [5.74, 6) is -0.343. The number of morpholine rings is 1. The summed E-state index contributed by atoms with van der Waals surface area (Å²) in [4.78, 5) is 4.22. The van der Waals surface area contributed by atoms with Crippen molar-refractivity contribution in [3.8, 4) is 17.1 Å². The maximum atomic E-state index is 13.3.